The smallest absolute Gasteiger partial charge is 0.177 e. The number of hydrogen-bond donors (Lipinski definition) is 1. The van der Waals surface area contributed by atoms with Gasteiger partial charge in [-0.2, -0.15) is 0 Å². The van der Waals surface area contributed by atoms with Crippen molar-refractivity contribution in [3.63, 3.8) is 0 Å². The second-order valence-corrected chi connectivity index (χ2v) is 6.13. The lowest BCUT2D eigenvalue weighted by Gasteiger charge is -2.35. The summed E-state index contributed by atoms with van der Waals surface area (Å²) >= 11 is 0. The average Bonchev–Trinajstić information content (AvgIpc) is 2.56. The van der Waals surface area contributed by atoms with Crippen LogP contribution in [0.3, 0.4) is 0 Å². The van der Waals surface area contributed by atoms with Gasteiger partial charge in [0.05, 0.1) is 5.60 Å². The lowest BCUT2D eigenvalue weighted by molar-refractivity contribution is -0.119. The summed E-state index contributed by atoms with van der Waals surface area (Å²) in [5.74, 6) is -1.26. The van der Waals surface area contributed by atoms with Crippen molar-refractivity contribution in [1.29, 1.82) is 0 Å². The van der Waals surface area contributed by atoms with Gasteiger partial charge in [-0.25, -0.2) is 0 Å². The molecule has 0 saturated heterocycles. The van der Waals surface area contributed by atoms with Gasteiger partial charge in [0.15, 0.2) is 11.6 Å². The summed E-state index contributed by atoms with van der Waals surface area (Å²) in [7, 11) is 0. The average molecular weight is 296 g/mol. The molecule has 3 nitrogen and oxygen atoms in total. The number of allylic oxidation sites excluding steroid dienone is 3. The molecule has 1 fully saturated rings. The number of carbonyl (C=O) groups is 2. The first-order valence-corrected chi connectivity index (χ1v) is 7.87. The van der Waals surface area contributed by atoms with Crippen LogP contribution in [0.4, 0.5) is 0 Å². The van der Waals surface area contributed by atoms with E-state index in [1.165, 1.54) is 0 Å². The number of carbonyl (C=O) groups excluding carboxylic acids is 2. The zero-order valence-electron chi connectivity index (χ0n) is 12.5. The molecule has 0 spiro atoms. The van der Waals surface area contributed by atoms with Gasteiger partial charge in [0.25, 0.3) is 0 Å². The highest BCUT2D eigenvalue weighted by molar-refractivity contribution is 6.18. The summed E-state index contributed by atoms with van der Waals surface area (Å²) < 4.78 is 0. The van der Waals surface area contributed by atoms with Gasteiger partial charge in [-0.15, -0.1) is 0 Å². The van der Waals surface area contributed by atoms with Crippen molar-refractivity contribution in [2.75, 3.05) is 0 Å². The quantitative estimate of drug-likeness (QED) is 0.688. The fourth-order valence-corrected chi connectivity index (χ4v) is 3.38. The number of aliphatic hydroxyl groups is 1. The molecule has 22 heavy (non-hydrogen) atoms. The second-order valence-electron chi connectivity index (χ2n) is 6.13. The minimum atomic E-state index is -1.06. The Morgan fingerprint density at radius 3 is 2.45 bits per heavy atom. The van der Waals surface area contributed by atoms with Crippen LogP contribution in [-0.2, 0) is 4.79 Å². The van der Waals surface area contributed by atoms with E-state index in [4.69, 9.17) is 0 Å². The van der Waals surface area contributed by atoms with Crippen molar-refractivity contribution in [2.45, 2.75) is 37.7 Å². The predicted octanol–water partition coefficient (Wildman–Crippen LogP) is 3.25. The molecule has 1 unspecified atom stereocenters. The van der Waals surface area contributed by atoms with Gasteiger partial charge in [-0.05, 0) is 12.8 Å². The first kappa shape index (κ1) is 14.9. The summed E-state index contributed by atoms with van der Waals surface area (Å²) in [5, 5.41) is 10.8. The molecule has 0 bridgehead atoms. The van der Waals surface area contributed by atoms with Gasteiger partial charge in [-0.1, -0.05) is 67.8 Å². The van der Waals surface area contributed by atoms with Gasteiger partial charge >= 0.3 is 0 Å². The minimum absolute atomic E-state index is 0.202. The predicted molar refractivity (Wildman–Crippen MR) is 84.5 cm³/mol. The topological polar surface area (TPSA) is 54.4 Å². The van der Waals surface area contributed by atoms with Crippen molar-refractivity contribution in [3.8, 4) is 0 Å². The van der Waals surface area contributed by atoms with Gasteiger partial charge < -0.3 is 5.11 Å². The molecule has 1 N–H and O–H groups in total. The molecule has 0 radical (unpaired) electrons. The summed E-state index contributed by atoms with van der Waals surface area (Å²) in [5.41, 5.74) is -0.124. The van der Waals surface area contributed by atoms with Crippen molar-refractivity contribution in [3.05, 3.63) is 59.7 Å². The third-order valence-corrected chi connectivity index (χ3v) is 4.64. The highest BCUT2D eigenvalue weighted by atomic mass is 16.3. The van der Waals surface area contributed by atoms with Crippen LogP contribution in [-0.4, -0.2) is 22.3 Å². The minimum Gasteiger partial charge on any atom is -0.385 e. The first-order chi connectivity index (χ1) is 10.6. The Morgan fingerprint density at radius 2 is 1.77 bits per heavy atom. The summed E-state index contributed by atoms with van der Waals surface area (Å²) in [6.07, 6.45) is 9.18. The number of rotatable bonds is 3. The van der Waals surface area contributed by atoms with Crippen LogP contribution in [0.5, 0.6) is 0 Å². The van der Waals surface area contributed by atoms with Crippen molar-refractivity contribution < 1.29 is 14.7 Å². The van der Waals surface area contributed by atoms with E-state index < -0.39 is 11.5 Å². The SMILES string of the molecule is O=C1C(C2(O)CCCCC2)=CC=CC1C(=O)c1ccccc1. The third-order valence-electron chi connectivity index (χ3n) is 4.64. The van der Waals surface area contributed by atoms with Crippen LogP contribution in [0, 0.1) is 5.92 Å². The maximum atomic E-state index is 12.7. The number of ketones is 2. The molecule has 1 atom stereocenters. The highest BCUT2D eigenvalue weighted by Gasteiger charge is 2.41. The molecule has 1 aromatic rings. The first-order valence-electron chi connectivity index (χ1n) is 7.87. The fourth-order valence-electron chi connectivity index (χ4n) is 3.38. The van der Waals surface area contributed by atoms with Crippen LogP contribution in [0.1, 0.15) is 42.5 Å². The molecule has 3 heteroatoms. The molecule has 2 aliphatic rings. The summed E-state index contributed by atoms with van der Waals surface area (Å²) in [6.45, 7) is 0. The Balaban J connectivity index is 1.85. The van der Waals surface area contributed by atoms with E-state index >= 15 is 0 Å². The highest BCUT2D eigenvalue weighted by Crippen LogP contribution is 2.37. The molecule has 0 heterocycles. The van der Waals surface area contributed by atoms with Gasteiger partial charge in [-0.3, -0.25) is 9.59 Å². The van der Waals surface area contributed by atoms with Crippen LogP contribution >= 0.6 is 0 Å². The Morgan fingerprint density at radius 1 is 1.09 bits per heavy atom. The Hall–Kier alpha value is -2.00. The molecule has 114 valence electrons. The van der Waals surface area contributed by atoms with Crippen molar-refractivity contribution in [1.82, 2.24) is 0 Å². The lowest BCUT2D eigenvalue weighted by Crippen LogP contribution is -2.41. The van der Waals surface area contributed by atoms with E-state index in [9.17, 15) is 14.7 Å². The van der Waals surface area contributed by atoms with E-state index in [1.54, 1.807) is 42.5 Å². The summed E-state index contributed by atoms with van der Waals surface area (Å²) in [4.78, 5) is 25.3. The maximum absolute atomic E-state index is 12.7. The monoisotopic (exact) mass is 296 g/mol. The van der Waals surface area contributed by atoms with E-state index in [-0.39, 0.29) is 11.6 Å². The van der Waals surface area contributed by atoms with Crippen molar-refractivity contribution >= 4 is 11.6 Å². The van der Waals surface area contributed by atoms with E-state index in [1.807, 2.05) is 6.07 Å². The largest absolute Gasteiger partial charge is 0.385 e. The zero-order valence-corrected chi connectivity index (χ0v) is 12.5. The Kier molecular flexibility index (Phi) is 4.08. The van der Waals surface area contributed by atoms with Crippen LogP contribution in [0.2, 0.25) is 0 Å². The van der Waals surface area contributed by atoms with Gasteiger partial charge in [0.1, 0.15) is 5.92 Å². The summed E-state index contributed by atoms with van der Waals surface area (Å²) in [6, 6.07) is 8.85. The van der Waals surface area contributed by atoms with Crippen LogP contribution < -0.4 is 0 Å². The Labute approximate surface area is 130 Å². The molecule has 0 amide bonds. The molecular weight excluding hydrogens is 276 g/mol. The zero-order chi connectivity index (χ0) is 15.6. The van der Waals surface area contributed by atoms with Gasteiger partial charge in [0.2, 0.25) is 0 Å². The normalized spacial score (nSPS) is 24.0. The number of benzene rings is 1. The van der Waals surface area contributed by atoms with E-state index in [0.717, 1.165) is 19.3 Å². The number of hydrogen-bond acceptors (Lipinski definition) is 3. The standard InChI is InChI=1S/C19H20O3/c20-17(14-8-3-1-4-9-14)15-10-7-11-16(18(15)21)19(22)12-5-2-6-13-19/h1,3-4,7-11,15,22H,2,5-6,12-13H2. The molecule has 1 saturated carbocycles. The second kappa shape index (κ2) is 6.01. The third kappa shape index (κ3) is 2.69. The van der Waals surface area contributed by atoms with E-state index in [0.29, 0.717) is 24.0 Å². The van der Waals surface area contributed by atoms with Crippen LogP contribution in [0.25, 0.3) is 0 Å². The maximum Gasteiger partial charge on any atom is 0.177 e. The Bertz CT molecular complexity index is 634. The van der Waals surface area contributed by atoms with Crippen molar-refractivity contribution in [2.24, 2.45) is 5.92 Å². The molecule has 3 rings (SSSR count). The molecule has 1 aromatic carbocycles. The molecular formula is C19H20O3. The molecule has 0 aliphatic heterocycles. The van der Waals surface area contributed by atoms with Crippen LogP contribution in [0.15, 0.2) is 54.1 Å². The fraction of sp³-hybridized carbons (Fsp3) is 0.368. The molecule has 0 aromatic heterocycles. The number of Topliss-reactive ketones (excluding diaryl/α,β-unsaturated/α-hetero) is 2. The van der Waals surface area contributed by atoms with E-state index in [2.05, 4.69) is 0 Å². The van der Waals surface area contributed by atoms with Gasteiger partial charge in [0, 0.05) is 11.1 Å². The lowest BCUT2D eigenvalue weighted by atomic mass is 9.73. The molecule has 2 aliphatic carbocycles.